The molecule has 1 fully saturated rings. The number of thioether (sulfide) groups is 1. The minimum absolute atomic E-state index is 0.00580. The van der Waals surface area contributed by atoms with Gasteiger partial charge >= 0.3 is 0 Å². The molecule has 2 aromatic rings. The molecule has 0 N–H and O–H groups in total. The van der Waals surface area contributed by atoms with E-state index < -0.39 is 0 Å². The van der Waals surface area contributed by atoms with Crippen molar-refractivity contribution in [3.8, 4) is 0 Å². The third kappa shape index (κ3) is 4.16. The third-order valence-corrected chi connectivity index (χ3v) is 6.34. The summed E-state index contributed by atoms with van der Waals surface area (Å²) in [6.45, 7) is 2.22. The van der Waals surface area contributed by atoms with Crippen LogP contribution in [0.25, 0.3) is 0 Å². The molecule has 0 spiro atoms. The molecular formula is C23H21FN2O3S. The Labute approximate surface area is 178 Å². The van der Waals surface area contributed by atoms with Gasteiger partial charge in [0.05, 0.1) is 10.6 Å². The average molecular weight is 424 g/mol. The third-order valence-electron chi connectivity index (χ3n) is 5.32. The minimum Gasteiger partial charge on any atom is -0.366 e. The van der Waals surface area contributed by atoms with Crippen molar-refractivity contribution < 1.29 is 18.8 Å². The zero-order valence-corrected chi connectivity index (χ0v) is 17.2. The fraction of sp³-hybridized carbons (Fsp3) is 0.261. The van der Waals surface area contributed by atoms with Crippen LogP contribution in [0.2, 0.25) is 0 Å². The topological polar surface area (TPSA) is 57.7 Å². The molecule has 1 aliphatic carbocycles. The van der Waals surface area contributed by atoms with Crippen molar-refractivity contribution in [2.45, 2.75) is 6.42 Å². The number of anilines is 1. The zero-order valence-electron chi connectivity index (χ0n) is 16.3. The van der Waals surface area contributed by atoms with Crippen LogP contribution in [0.15, 0.2) is 59.5 Å². The van der Waals surface area contributed by atoms with Gasteiger partial charge in [0.25, 0.3) is 0 Å². The first kappa shape index (κ1) is 20.3. The summed E-state index contributed by atoms with van der Waals surface area (Å²) in [4.78, 5) is 41.4. The van der Waals surface area contributed by atoms with Crippen LogP contribution in [-0.2, 0) is 4.79 Å². The molecule has 0 aromatic heterocycles. The summed E-state index contributed by atoms with van der Waals surface area (Å²) in [6, 6.07) is 13.4. The number of amides is 1. The van der Waals surface area contributed by atoms with E-state index in [1.165, 1.54) is 23.9 Å². The van der Waals surface area contributed by atoms with Gasteiger partial charge in [-0.15, -0.1) is 11.8 Å². The average Bonchev–Trinajstić information content (AvgIpc) is 2.77. The molecule has 1 amide bonds. The van der Waals surface area contributed by atoms with E-state index in [9.17, 15) is 18.8 Å². The summed E-state index contributed by atoms with van der Waals surface area (Å²) in [7, 11) is 0. The first-order valence-corrected chi connectivity index (χ1v) is 10.8. The van der Waals surface area contributed by atoms with Gasteiger partial charge in [-0.25, -0.2) is 4.39 Å². The largest absolute Gasteiger partial charge is 0.366 e. The van der Waals surface area contributed by atoms with Crippen molar-refractivity contribution in [1.29, 1.82) is 0 Å². The number of Topliss-reactive ketones (excluding diaryl/α,β-unsaturated/α-hetero) is 1. The standard InChI is InChI=1S/C23H21FN2O3S/c24-18-7-3-4-8-19(18)25-10-12-26(13-11-25)22(28)9-14-30-21-15-20(27)16-5-1-2-6-17(16)23(21)29/h1-8,15H,9-14H2. The molecule has 7 heteroatoms. The highest BCUT2D eigenvalue weighted by Crippen LogP contribution is 2.29. The molecule has 0 bridgehead atoms. The molecular weight excluding hydrogens is 403 g/mol. The summed E-state index contributed by atoms with van der Waals surface area (Å²) < 4.78 is 13.9. The van der Waals surface area contributed by atoms with Crippen LogP contribution in [0.4, 0.5) is 10.1 Å². The van der Waals surface area contributed by atoms with Crippen molar-refractivity contribution in [2.75, 3.05) is 36.8 Å². The normalized spacial score (nSPS) is 16.4. The number of benzene rings is 2. The number of allylic oxidation sites excluding steroid dienone is 2. The van der Waals surface area contributed by atoms with Crippen LogP contribution in [0.1, 0.15) is 27.1 Å². The maximum Gasteiger partial charge on any atom is 0.223 e. The second-order valence-electron chi connectivity index (χ2n) is 7.17. The summed E-state index contributed by atoms with van der Waals surface area (Å²) in [5.74, 6) is -0.162. The van der Waals surface area contributed by atoms with Crippen LogP contribution >= 0.6 is 11.8 Å². The van der Waals surface area contributed by atoms with Gasteiger partial charge in [-0.1, -0.05) is 36.4 Å². The highest BCUT2D eigenvalue weighted by molar-refractivity contribution is 8.04. The predicted molar refractivity (Wildman–Crippen MR) is 115 cm³/mol. The van der Waals surface area contributed by atoms with E-state index in [4.69, 9.17) is 0 Å². The molecule has 1 saturated heterocycles. The molecule has 0 radical (unpaired) electrons. The summed E-state index contributed by atoms with van der Waals surface area (Å²) >= 11 is 1.25. The fourth-order valence-electron chi connectivity index (χ4n) is 3.71. The molecule has 0 unspecified atom stereocenters. The molecule has 0 saturated carbocycles. The van der Waals surface area contributed by atoms with Crippen LogP contribution in [0.3, 0.4) is 0 Å². The number of ketones is 2. The number of hydrogen-bond acceptors (Lipinski definition) is 5. The Morgan fingerprint density at radius 3 is 2.33 bits per heavy atom. The lowest BCUT2D eigenvalue weighted by Gasteiger charge is -2.36. The highest BCUT2D eigenvalue weighted by atomic mass is 32.2. The van der Waals surface area contributed by atoms with Gasteiger partial charge in [0.2, 0.25) is 5.91 Å². The van der Waals surface area contributed by atoms with E-state index >= 15 is 0 Å². The van der Waals surface area contributed by atoms with Crippen LogP contribution < -0.4 is 4.90 Å². The number of piperazine rings is 1. The van der Waals surface area contributed by atoms with Gasteiger partial charge < -0.3 is 9.80 Å². The number of halogens is 1. The van der Waals surface area contributed by atoms with Gasteiger partial charge in [0.1, 0.15) is 5.82 Å². The molecule has 30 heavy (non-hydrogen) atoms. The van der Waals surface area contributed by atoms with Crippen molar-refractivity contribution in [1.82, 2.24) is 4.90 Å². The summed E-state index contributed by atoms with van der Waals surface area (Å²) in [5, 5.41) is 0. The van der Waals surface area contributed by atoms with E-state index in [2.05, 4.69) is 0 Å². The van der Waals surface area contributed by atoms with Gasteiger partial charge in [0.15, 0.2) is 11.6 Å². The molecule has 4 rings (SSSR count). The second-order valence-corrected chi connectivity index (χ2v) is 8.30. The molecule has 1 aliphatic heterocycles. The van der Waals surface area contributed by atoms with Crippen molar-refractivity contribution in [3.63, 3.8) is 0 Å². The lowest BCUT2D eigenvalue weighted by Crippen LogP contribution is -2.49. The fourth-order valence-corrected chi connectivity index (χ4v) is 4.64. The van der Waals surface area contributed by atoms with E-state index in [0.717, 1.165) is 0 Å². The van der Waals surface area contributed by atoms with E-state index in [1.807, 2.05) is 4.90 Å². The minimum atomic E-state index is -0.254. The van der Waals surface area contributed by atoms with E-state index in [1.54, 1.807) is 47.4 Å². The smallest absolute Gasteiger partial charge is 0.223 e. The zero-order chi connectivity index (χ0) is 21.1. The van der Waals surface area contributed by atoms with Gasteiger partial charge in [-0.05, 0) is 12.1 Å². The Morgan fingerprint density at radius 1 is 0.933 bits per heavy atom. The van der Waals surface area contributed by atoms with Crippen LogP contribution in [0.5, 0.6) is 0 Å². The number of rotatable bonds is 5. The number of nitrogens with zero attached hydrogens (tertiary/aromatic N) is 2. The van der Waals surface area contributed by atoms with Gasteiger partial charge in [0, 0.05) is 55.6 Å². The Bertz CT molecular complexity index is 1030. The molecule has 0 atom stereocenters. The van der Waals surface area contributed by atoms with E-state index in [0.29, 0.717) is 53.7 Å². The molecule has 5 nitrogen and oxygen atoms in total. The monoisotopic (exact) mass is 424 g/mol. The van der Waals surface area contributed by atoms with Gasteiger partial charge in [-0.3, -0.25) is 14.4 Å². The highest BCUT2D eigenvalue weighted by Gasteiger charge is 2.26. The number of para-hydroxylation sites is 1. The first-order valence-electron chi connectivity index (χ1n) is 9.84. The van der Waals surface area contributed by atoms with Crippen LogP contribution in [-0.4, -0.2) is 54.3 Å². The Hall–Kier alpha value is -2.93. The summed E-state index contributed by atoms with van der Waals surface area (Å²) in [6.07, 6.45) is 1.65. The Morgan fingerprint density at radius 2 is 1.60 bits per heavy atom. The maximum absolute atomic E-state index is 13.9. The predicted octanol–water partition coefficient (Wildman–Crippen LogP) is 3.56. The van der Waals surface area contributed by atoms with Gasteiger partial charge in [-0.2, -0.15) is 0 Å². The second kappa shape index (κ2) is 8.83. The molecule has 2 aliphatic rings. The maximum atomic E-state index is 13.9. The van der Waals surface area contributed by atoms with Crippen molar-refractivity contribution in [3.05, 3.63) is 76.5 Å². The van der Waals surface area contributed by atoms with E-state index in [-0.39, 0.29) is 29.7 Å². The molecule has 154 valence electrons. The summed E-state index contributed by atoms with van der Waals surface area (Å²) in [5.41, 5.74) is 1.41. The number of carbonyl (C=O) groups excluding carboxylic acids is 3. The number of fused-ring (bicyclic) bond motifs is 1. The lowest BCUT2D eigenvalue weighted by molar-refractivity contribution is -0.131. The van der Waals surface area contributed by atoms with Crippen molar-refractivity contribution >= 4 is 34.9 Å². The lowest BCUT2D eigenvalue weighted by atomic mass is 9.95. The van der Waals surface area contributed by atoms with Crippen molar-refractivity contribution in [2.24, 2.45) is 0 Å². The van der Waals surface area contributed by atoms with Crippen LogP contribution in [0, 0.1) is 5.82 Å². The number of hydrogen-bond donors (Lipinski definition) is 0. The quantitative estimate of drug-likeness (QED) is 0.735. The molecule has 1 heterocycles. The first-order chi connectivity index (χ1) is 14.5. The Kier molecular flexibility index (Phi) is 5.99. The molecule has 2 aromatic carbocycles. The number of carbonyl (C=O) groups is 3. The Balaban J connectivity index is 1.28. The SMILES string of the molecule is O=C1C=C(SCCC(=O)N2CCN(c3ccccc3F)CC2)C(=O)c2ccccc21.